The van der Waals surface area contributed by atoms with Crippen LogP contribution in [-0.2, 0) is 11.3 Å². The molecule has 0 saturated carbocycles. The number of nitrogens with zero attached hydrogens (tertiary/aromatic N) is 1. The molecule has 1 atom stereocenters. The Labute approximate surface area is 102 Å². The lowest BCUT2D eigenvalue weighted by Gasteiger charge is -2.22. The van der Waals surface area contributed by atoms with E-state index in [1.807, 2.05) is 18.3 Å². The third kappa shape index (κ3) is 3.98. The normalized spacial score (nSPS) is 20.2. The molecule has 1 aromatic rings. The molecular formula is C13H20N2O2. The fourth-order valence-electron chi connectivity index (χ4n) is 2.03. The van der Waals surface area contributed by atoms with Gasteiger partial charge in [0.15, 0.2) is 0 Å². The molecule has 0 bridgehead atoms. The quantitative estimate of drug-likeness (QED) is 0.843. The summed E-state index contributed by atoms with van der Waals surface area (Å²) in [5, 5.41) is 3.45. The highest BCUT2D eigenvalue weighted by atomic mass is 16.5. The van der Waals surface area contributed by atoms with Crippen LogP contribution in [0, 0.1) is 5.92 Å². The third-order valence-electron chi connectivity index (χ3n) is 3.02. The summed E-state index contributed by atoms with van der Waals surface area (Å²) in [7, 11) is 1.63. The van der Waals surface area contributed by atoms with Gasteiger partial charge in [0.05, 0.1) is 13.7 Å². The maximum absolute atomic E-state index is 5.45. The van der Waals surface area contributed by atoms with E-state index in [0.717, 1.165) is 26.3 Å². The Morgan fingerprint density at radius 2 is 2.47 bits per heavy atom. The summed E-state index contributed by atoms with van der Waals surface area (Å²) in [6.07, 6.45) is 4.31. The van der Waals surface area contributed by atoms with E-state index < -0.39 is 0 Å². The van der Waals surface area contributed by atoms with Crippen LogP contribution in [0.3, 0.4) is 0 Å². The lowest BCUT2D eigenvalue weighted by Crippen LogP contribution is -2.28. The standard InChI is InChI=1S/C13H20N2O2/c1-16-13-5-4-11(9-15-13)7-14-8-12-3-2-6-17-10-12/h4-5,9,12,14H,2-3,6-8,10H2,1H3. The van der Waals surface area contributed by atoms with Gasteiger partial charge in [0, 0.05) is 32.0 Å². The number of ether oxygens (including phenoxy) is 2. The van der Waals surface area contributed by atoms with Crippen LogP contribution in [0.1, 0.15) is 18.4 Å². The molecule has 1 aromatic heterocycles. The SMILES string of the molecule is COc1ccc(CNCC2CCCOC2)cn1. The molecule has 2 rings (SSSR count). The Morgan fingerprint density at radius 1 is 1.53 bits per heavy atom. The van der Waals surface area contributed by atoms with Crippen LogP contribution in [0.4, 0.5) is 0 Å². The van der Waals surface area contributed by atoms with E-state index in [9.17, 15) is 0 Å². The average molecular weight is 236 g/mol. The molecule has 17 heavy (non-hydrogen) atoms. The van der Waals surface area contributed by atoms with Crippen molar-refractivity contribution < 1.29 is 9.47 Å². The van der Waals surface area contributed by atoms with Crippen molar-refractivity contribution in [2.24, 2.45) is 5.92 Å². The lowest BCUT2D eigenvalue weighted by atomic mass is 10.0. The summed E-state index contributed by atoms with van der Waals surface area (Å²) in [5.74, 6) is 1.32. The van der Waals surface area contributed by atoms with Crippen molar-refractivity contribution in [3.63, 3.8) is 0 Å². The van der Waals surface area contributed by atoms with E-state index in [2.05, 4.69) is 10.3 Å². The molecule has 1 N–H and O–H groups in total. The molecule has 1 aliphatic rings. The zero-order valence-electron chi connectivity index (χ0n) is 10.3. The van der Waals surface area contributed by atoms with E-state index in [0.29, 0.717) is 11.8 Å². The highest BCUT2D eigenvalue weighted by Gasteiger charge is 2.12. The van der Waals surface area contributed by atoms with Gasteiger partial charge in [0.25, 0.3) is 0 Å². The molecule has 2 heterocycles. The van der Waals surface area contributed by atoms with Crippen LogP contribution in [0.15, 0.2) is 18.3 Å². The van der Waals surface area contributed by atoms with Crippen LogP contribution < -0.4 is 10.1 Å². The zero-order chi connectivity index (χ0) is 11.9. The predicted octanol–water partition coefficient (Wildman–Crippen LogP) is 1.61. The molecule has 94 valence electrons. The van der Waals surface area contributed by atoms with E-state index in [4.69, 9.17) is 9.47 Å². The van der Waals surface area contributed by atoms with Gasteiger partial charge < -0.3 is 14.8 Å². The molecular weight excluding hydrogens is 216 g/mol. The Bertz CT molecular complexity index is 321. The predicted molar refractivity (Wildman–Crippen MR) is 66.0 cm³/mol. The minimum atomic E-state index is 0.662. The number of hydrogen-bond donors (Lipinski definition) is 1. The van der Waals surface area contributed by atoms with Crippen molar-refractivity contribution >= 4 is 0 Å². The molecule has 0 aromatic carbocycles. The highest BCUT2D eigenvalue weighted by molar-refractivity contribution is 5.17. The van der Waals surface area contributed by atoms with Crippen molar-refractivity contribution in [1.82, 2.24) is 10.3 Å². The number of pyridine rings is 1. The molecule has 0 spiro atoms. The second-order valence-corrected chi connectivity index (χ2v) is 4.42. The molecule has 4 heteroatoms. The number of aromatic nitrogens is 1. The van der Waals surface area contributed by atoms with Gasteiger partial charge in [-0.3, -0.25) is 0 Å². The summed E-state index contributed by atoms with van der Waals surface area (Å²) >= 11 is 0. The molecule has 1 aliphatic heterocycles. The average Bonchev–Trinajstić information content (AvgIpc) is 2.41. The van der Waals surface area contributed by atoms with Crippen molar-refractivity contribution in [3.8, 4) is 5.88 Å². The Kier molecular flexibility index (Phi) is 4.76. The number of hydrogen-bond acceptors (Lipinski definition) is 4. The van der Waals surface area contributed by atoms with Crippen molar-refractivity contribution in [2.75, 3.05) is 26.9 Å². The summed E-state index contributed by atoms with van der Waals surface area (Å²) in [6.45, 7) is 3.70. The van der Waals surface area contributed by atoms with Crippen LogP contribution in [0.25, 0.3) is 0 Å². The first-order chi connectivity index (χ1) is 8.38. The molecule has 1 saturated heterocycles. The first-order valence-electron chi connectivity index (χ1n) is 6.16. The van der Waals surface area contributed by atoms with Crippen molar-refractivity contribution in [2.45, 2.75) is 19.4 Å². The monoisotopic (exact) mass is 236 g/mol. The maximum Gasteiger partial charge on any atom is 0.212 e. The topological polar surface area (TPSA) is 43.4 Å². The summed E-state index contributed by atoms with van der Waals surface area (Å²) < 4.78 is 10.5. The Balaban J connectivity index is 1.69. The van der Waals surface area contributed by atoms with Gasteiger partial charge >= 0.3 is 0 Å². The van der Waals surface area contributed by atoms with Gasteiger partial charge in [-0.2, -0.15) is 0 Å². The van der Waals surface area contributed by atoms with E-state index in [1.165, 1.54) is 18.4 Å². The van der Waals surface area contributed by atoms with Gasteiger partial charge in [0.1, 0.15) is 0 Å². The van der Waals surface area contributed by atoms with E-state index in [1.54, 1.807) is 7.11 Å². The first kappa shape index (κ1) is 12.3. The third-order valence-corrected chi connectivity index (χ3v) is 3.02. The van der Waals surface area contributed by atoms with Crippen LogP contribution in [0.2, 0.25) is 0 Å². The minimum absolute atomic E-state index is 0.662. The van der Waals surface area contributed by atoms with Crippen LogP contribution in [0.5, 0.6) is 5.88 Å². The van der Waals surface area contributed by atoms with Gasteiger partial charge in [-0.15, -0.1) is 0 Å². The summed E-state index contributed by atoms with van der Waals surface area (Å²) in [6, 6.07) is 3.93. The molecule has 4 nitrogen and oxygen atoms in total. The van der Waals surface area contributed by atoms with Crippen molar-refractivity contribution in [3.05, 3.63) is 23.9 Å². The molecule has 0 radical (unpaired) electrons. The second-order valence-electron chi connectivity index (χ2n) is 4.42. The zero-order valence-corrected chi connectivity index (χ0v) is 10.3. The van der Waals surface area contributed by atoms with Gasteiger partial charge in [-0.25, -0.2) is 4.98 Å². The van der Waals surface area contributed by atoms with Crippen molar-refractivity contribution in [1.29, 1.82) is 0 Å². The Morgan fingerprint density at radius 3 is 3.12 bits per heavy atom. The van der Waals surface area contributed by atoms with Gasteiger partial charge in [-0.1, -0.05) is 6.07 Å². The maximum atomic E-state index is 5.45. The Hall–Kier alpha value is -1.13. The number of nitrogens with one attached hydrogen (secondary N) is 1. The van der Waals surface area contributed by atoms with E-state index in [-0.39, 0.29) is 0 Å². The highest BCUT2D eigenvalue weighted by Crippen LogP contribution is 2.12. The fourth-order valence-corrected chi connectivity index (χ4v) is 2.03. The molecule has 1 fully saturated rings. The number of rotatable bonds is 5. The fraction of sp³-hybridized carbons (Fsp3) is 0.615. The lowest BCUT2D eigenvalue weighted by molar-refractivity contribution is 0.0547. The summed E-state index contributed by atoms with van der Waals surface area (Å²) in [4.78, 5) is 4.18. The summed E-state index contributed by atoms with van der Waals surface area (Å²) in [5.41, 5.74) is 1.18. The largest absolute Gasteiger partial charge is 0.481 e. The second kappa shape index (κ2) is 6.57. The molecule has 0 amide bonds. The van der Waals surface area contributed by atoms with Gasteiger partial charge in [-0.05, 0) is 24.3 Å². The first-order valence-corrected chi connectivity index (χ1v) is 6.16. The minimum Gasteiger partial charge on any atom is -0.481 e. The van der Waals surface area contributed by atoms with Crippen LogP contribution in [-0.4, -0.2) is 31.9 Å². The molecule has 0 aliphatic carbocycles. The smallest absolute Gasteiger partial charge is 0.212 e. The molecule has 1 unspecified atom stereocenters. The van der Waals surface area contributed by atoms with Crippen LogP contribution >= 0.6 is 0 Å². The number of methoxy groups -OCH3 is 1. The van der Waals surface area contributed by atoms with Gasteiger partial charge in [0.2, 0.25) is 5.88 Å². The van der Waals surface area contributed by atoms with E-state index >= 15 is 0 Å².